The zero-order valence-electron chi connectivity index (χ0n) is 11.1. The number of aliphatic hydroxyl groups is 1. The van der Waals surface area contributed by atoms with Gasteiger partial charge in [0.2, 0.25) is 0 Å². The number of benzene rings is 1. The van der Waals surface area contributed by atoms with Crippen molar-refractivity contribution < 1.29 is 18.3 Å². The first kappa shape index (κ1) is 17.1. The molecular formula is C13H18ClF3N2O. The highest BCUT2D eigenvalue weighted by atomic mass is 35.5. The second-order valence-corrected chi connectivity index (χ2v) is 4.94. The lowest BCUT2D eigenvalue weighted by Crippen LogP contribution is -2.23. The molecule has 0 saturated heterocycles. The lowest BCUT2D eigenvalue weighted by atomic mass is 10.0. The smallest absolute Gasteiger partial charge is 0.397 e. The summed E-state index contributed by atoms with van der Waals surface area (Å²) in [5.74, 6) is 0. The van der Waals surface area contributed by atoms with Gasteiger partial charge >= 0.3 is 6.18 Å². The first-order valence-electron chi connectivity index (χ1n) is 6.32. The maximum Gasteiger partial charge on any atom is 0.418 e. The fourth-order valence-corrected chi connectivity index (χ4v) is 1.95. The number of halogens is 4. The average molecular weight is 311 g/mol. The Morgan fingerprint density at radius 2 is 2.05 bits per heavy atom. The Kier molecular flexibility index (Phi) is 6.10. The van der Waals surface area contributed by atoms with Crippen LogP contribution in [0.3, 0.4) is 0 Å². The molecule has 1 unspecified atom stereocenters. The molecule has 0 saturated carbocycles. The number of hydrogen-bond acceptors (Lipinski definition) is 3. The Bertz CT molecular complexity index is 452. The quantitative estimate of drug-likeness (QED) is 0.558. The van der Waals surface area contributed by atoms with Crippen LogP contribution >= 0.6 is 11.6 Å². The number of hydrogen-bond donors (Lipinski definition) is 3. The molecule has 7 heteroatoms. The van der Waals surface area contributed by atoms with Crippen molar-refractivity contribution in [2.24, 2.45) is 0 Å². The number of nitrogens with one attached hydrogen (secondary N) is 1. The number of unbranched alkanes of at least 4 members (excludes halogenated alkanes) is 1. The van der Waals surface area contributed by atoms with Gasteiger partial charge in [0, 0.05) is 6.54 Å². The van der Waals surface area contributed by atoms with Crippen molar-refractivity contribution in [3.63, 3.8) is 0 Å². The van der Waals surface area contributed by atoms with E-state index in [0.717, 1.165) is 18.9 Å². The molecular weight excluding hydrogens is 293 g/mol. The molecule has 0 aromatic heterocycles. The van der Waals surface area contributed by atoms with Crippen molar-refractivity contribution in [2.75, 3.05) is 18.8 Å². The van der Waals surface area contributed by atoms with Crippen LogP contribution in [-0.2, 0) is 6.18 Å². The topological polar surface area (TPSA) is 58.3 Å². The minimum atomic E-state index is -4.60. The second kappa shape index (κ2) is 7.15. The van der Waals surface area contributed by atoms with Crippen molar-refractivity contribution >= 4 is 17.3 Å². The van der Waals surface area contributed by atoms with Gasteiger partial charge in [0.1, 0.15) is 0 Å². The van der Waals surface area contributed by atoms with Crippen molar-refractivity contribution in [2.45, 2.75) is 32.0 Å². The highest BCUT2D eigenvalue weighted by Crippen LogP contribution is 2.38. The minimum Gasteiger partial charge on any atom is -0.397 e. The highest BCUT2D eigenvalue weighted by molar-refractivity contribution is 6.33. The molecule has 4 N–H and O–H groups in total. The molecule has 20 heavy (non-hydrogen) atoms. The van der Waals surface area contributed by atoms with Crippen LogP contribution in [-0.4, -0.2) is 18.2 Å². The molecule has 0 amide bonds. The molecule has 1 rings (SSSR count). The molecule has 0 aliphatic heterocycles. The summed E-state index contributed by atoms with van der Waals surface area (Å²) in [4.78, 5) is 0. The summed E-state index contributed by atoms with van der Waals surface area (Å²) in [6.45, 7) is 2.88. The van der Waals surface area contributed by atoms with Gasteiger partial charge < -0.3 is 16.2 Å². The number of alkyl halides is 3. The van der Waals surface area contributed by atoms with E-state index in [0.29, 0.717) is 6.54 Å². The molecule has 1 atom stereocenters. The monoisotopic (exact) mass is 310 g/mol. The van der Waals surface area contributed by atoms with E-state index in [9.17, 15) is 18.3 Å². The van der Waals surface area contributed by atoms with Crippen molar-refractivity contribution in [1.82, 2.24) is 5.32 Å². The standard InChI is InChI=1S/C13H18ClF3N2O/c1-2-3-4-19-7-11(20)8-5-9(13(15,16)17)12(18)10(14)6-8/h5-6,11,19-20H,2-4,7,18H2,1H3. The molecule has 114 valence electrons. The molecule has 0 radical (unpaired) electrons. The number of aliphatic hydroxyl groups excluding tert-OH is 1. The Labute approximate surface area is 120 Å². The Morgan fingerprint density at radius 3 is 2.60 bits per heavy atom. The summed E-state index contributed by atoms with van der Waals surface area (Å²) >= 11 is 5.70. The SMILES string of the molecule is CCCCNCC(O)c1cc(Cl)c(N)c(C(F)(F)F)c1. The number of anilines is 1. The third-order valence-electron chi connectivity index (χ3n) is 2.89. The molecule has 0 bridgehead atoms. The van der Waals surface area contributed by atoms with E-state index in [-0.39, 0.29) is 17.1 Å². The summed E-state index contributed by atoms with van der Waals surface area (Å²) in [7, 11) is 0. The number of nitrogen functional groups attached to an aromatic ring is 1. The van der Waals surface area contributed by atoms with Crippen LogP contribution < -0.4 is 11.1 Å². The summed E-state index contributed by atoms with van der Waals surface area (Å²) < 4.78 is 38.4. The Balaban J connectivity index is 2.88. The normalized spacial score (nSPS) is 13.5. The van der Waals surface area contributed by atoms with Crippen molar-refractivity contribution in [3.8, 4) is 0 Å². The van der Waals surface area contributed by atoms with Gasteiger partial charge in [-0.2, -0.15) is 13.2 Å². The van der Waals surface area contributed by atoms with Gasteiger partial charge in [-0.05, 0) is 30.7 Å². The van der Waals surface area contributed by atoms with E-state index in [1.54, 1.807) is 0 Å². The van der Waals surface area contributed by atoms with Gasteiger partial charge in [-0.3, -0.25) is 0 Å². The third kappa shape index (κ3) is 4.54. The highest BCUT2D eigenvalue weighted by Gasteiger charge is 2.34. The number of rotatable bonds is 6. The van der Waals surface area contributed by atoms with E-state index >= 15 is 0 Å². The molecule has 1 aromatic carbocycles. The maximum absolute atomic E-state index is 12.8. The first-order chi connectivity index (χ1) is 9.27. The van der Waals surface area contributed by atoms with Crippen LogP contribution in [0.25, 0.3) is 0 Å². The molecule has 0 aliphatic carbocycles. The van der Waals surface area contributed by atoms with Gasteiger partial charge in [-0.25, -0.2) is 0 Å². The van der Waals surface area contributed by atoms with Crippen molar-refractivity contribution in [3.05, 3.63) is 28.3 Å². The minimum absolute atomic E-state index is 0.0977. The van der Waals surface area contributed by atoms with Gasteiger partial charge in [-0.1, -0.05) is 24.9 Å². The van der Waals surface area contributed by atoms with Crippen LogP contribution in [0.1, 0.15) is 37.0 Å². The second-order valence-electron chi connectivity index (χ2n) is 4.54. The molecule has 0 heterocycles. The van der Waals surface area contributed by atoms with Gasteiger partial charge in [0.25, 0.3) is 0 Å². The Hall–Kier alpha value is -0.980. The fraction of sp³-hybridized carbons (Fsp3) is 0.538. The number of nitrogens with two attached hydrogens (primary N) is 1. The summed E-state index contributed by atoms with van der Waals surface area (Å²) in [5.41, 5.74) is 3.89. The van der Waals surface area contributed by atoms with E-state index in [2.05, 4.69) is 5.32 Å². The van der Waals surface area contributed by atoms with Gasteiger partial charge in [0.05, 0.1) is 22.4 Å². The predicted octanol–water partition coefficient (Wildman–Crippen LogP) is 3.36. The fourth-order valence-electron chi connectivity index (χ4n) is 1.72. The van der Waals surface area contributed by atoms with Crippen LogP contribution in [0.15, 0.2) is 12.1 Å². The van der Waals surface area contributed by atoms with E-state index in [1.807, 2.05) is 6.92 Å². The summed E-state index contributed by atoms with van der Waals surface area (Å²) in [6, 6.07) is 2.10. The lowest BCUT2D eigenvalue weighted by Gasteiger charge is -2.17. The van der Waals surface area contributed by atoms with Crippen LogP contribution in [0.5, 0.6) is 0 Å². The largest absolute Gasteiger partial charge is 0.418 e. The van der Waals surface area contributed by atoms with E-state index < -0.39 is 23.5 Å². The van der Waals surface area contributed by atoms with Gasteiger partial charge in [-0.15, -0.1) is 0 Å². The molecule has 0 spiro atoms. The van der Waals surface area contributed by atoms with Gasteiger partial charge in [0.15, 0.2) is 0 Å². The van der Waals surface area contributed by atoms with Crippen LogP contribution in [0, 0.1) is 0 Å². The third-order valence-corrected chi connectivity index (χ3v) is 3.20. The molecule has 0 aliphatic rings. The van der Waals surface area contributed by atoms with E-state index in [4.69, 9.17) is 17.3 Å². The molecule has 0 fully saturated rings. The Morgan fingerprint density at radius 1 is 1.40 bits per heavy atom. The van der Waals surface area contributed by atoms with Crippen LogP contribution in [0.4, 0.5) is 18.9 Å². The average Bonchev–Trinajstić information content (AvgIpc) is 2.36. The summed E-state index contributed by atoms with van der Waals surface area (Å²) in [5, 5.41) is 12.7. The molecule has 1 aromatic rings. The zero-order chi connectivity index (χ0) is 15.3. The summed E-state index contributed by atoms with van der Waals surface area (Å²) in [6.07, 6.45) is -3.73. The predicted molar refractivity (Wildman–Crippen MR) is 73.6 cm³/mol. The maximum atomic E-state index is 12.8. The first-order valence-corrected chi connectivity index (χ1v) is 6.70. The van der Waals surface area contributed by atoms with Crippen molar-refractivity contribution in [1.29, 1.82) is 0 Å². The molecule has 3 nitrogen and oxygen atoms in total. The van der Waals surface area contributed by atoms with Crippen LogP contribution in [0.2, 0.25) is 5.02 Å². The van der Waals surface area contributed by atoms with E-state index in [1.165, 1.54) is 6.07 Å². The zero-order valence-corrected chi connectivity index (χ0v) is 11.9. The lowest BCUT2D eigenvalue weighted by molar-refractivity contribution is -0.137.